The maximum absolute atomic E-state index is 2.33. The van der Waals surface area contributed by atoms with Crippen molar-refractivity contribution in [3.05, 3.63) is 22.3 Å². The predicted octanol–water partition coefficient (Wildman–Crippen LogP) is 3.99. The molecule has 0 nitrogen and oxygen atoms in total. The van der Waals surface area contributed by atoms with Gasteiger partial charge in [0.05, 0.1) is 0 Å². The Balaban J connectivity index is 2.37. The van der Waals surface area contributed by atoms with Gasteiger partial charge in [0, 0.05) is 0 Å². The summed E-state index contributed by atoms with van der Waals surface area (Å²) < 4.78 is 0. The highest BCUT2D eigenvalue weighted by Crippen LogP contribution is 2.38. The zero-order chi connectivity index (χ0) is 8.55. The number of hydrogen-bond acceptors (Lipinski definition) is 0. The molecule has 0 saturated heterocycles. The maximum Gasteiger partial charge on any atom is -0.0277 e. The lowest BCUT2D eigenvalue weighted by Crippen LogP contribution is -2.08. The molecule has 0 heteroatoms. The molecule has 0 aromatic heterocycles. The number of allylic oxidation sites excluding steroid dienone is 4. The summed E-state index contributed by atoms with van der Waals surface area (Å²) in [7, 11) is 0. The first kappa shape index (κ1) is 8.10. The van der Waals surface area contributed by atoms with E-state index in [1.165, 1.54) is 38.5 Å². The van der Waals surface area contributed by atoms with Gasteiger partial charge in [0.15, 0.2) is 0 Å². The Morgan fingerprint density at radius 1 is 0.667 bits per heavy atom. The Bertz CT molecular complexity index is 225. The van der Waals surface area contributed by atoms with Crippen LogP contribution in [-0.4, -0.2) is 0 Å². The molecular weight excluding hydrogens is 144 g/mol. The fourth-order valence-electron chi connectivity index (χ4n) is 2.52. The van der Waals surface area contributed by atoms with Gasteiger partial charge < -0.3 is 0 Å². The molecule has 66 valence electrons. The van der Waals surface area contributed by atoms with E-state index in [1.807, 2.05) is 0 Å². The van der Waals surface area contributed by atoms with Gasteiger partial charge in [0.1, 0.15) is 0 Å². The van der Waals surface area contributed by atoms with Crippen molar-refractivity contribution in [2.24, 2.45) is 0 Å². The van der Waals surface area contributed by atoms with Crippen molar-refractivity contribution in [3.63, 3.8) is 0 Å². The fourth-order valence-corrected chi connectivity index (χ4v) is 2.52. The Morgan fingerprint density at radius 2 is 1.08 bits per heavy atom. The van der Waals surface area contributed by atoms with E-state index >= 15 is 0 Å². The summed E-state index contributed by atoms with van der Waals surface area (Å²) in [4.78, 5) is 0. The molecule has 0 N–H and O–H groups in total. The minimum Gasteiger partial charge on any atom is -0.0695 e. The van der Waals surface area contributed by atoms with Crippen molar-refractivity contribution < 1.29 is 0 Å². The molecule has 0 aromatic rings. The third-order valence-electron chi connectivity index (χ3n) is 3.37. The lowest BCUT2D eigenvalue weighted by atomic mass is 9.79. The van der Waals surface area contributed by atoms with Crippen molar-refractivity contribution in [2.75, 3.05) is 0 Å². The van der Waals surface area contributed by atoms with Crippen LogP contribution in [0.4, 0.5) is 0 Å². The highest BCUT2D eigenvalue weighted by Gasteiger charge is 2.19. The Kier molecular flexibility index (Phi) is 2.08. The van der Waals surface area contributed by atoms with Gasteiger partial charge in [-0.1, -0.05) is 11.1 Å². The zero-order valence-corrected chi connectivity index (χ0v) is 8.24. The van der Waals surface area contributed by atoms with E-state index in [-0.39, 0.29) is 0 Å². The molecule has 0 atom stereocenters. The van der Waals surface area contributed by atoms with Crippen molar-refractivity contribution in [1.29, 1.82) is 0 Å². The van der Waals surface area contributed by atoms with Crippen LogP contribution in [-0.2, 0) is 0 Å². The second-order valence-corrected chi connectivity index (χ2v) is 4.22. The molecule has 2 aliphatic carbocycles. The molecule has 0 bridgehead atoms. The Hall–Kier alpha value is -0.520. The minimum atomic E-state index is 1.32. The predicted molar refractivity (Wildman–Crippen MR) is 53.1 cm³/mol. The van der Waals surface area contributed by atoms with Crippen LogP contribution in [0.5, 0.6) is 0 Å². The van der Waals surface area contributed by atoms with Crippen LogP contribution < -0.4 is 0 Å². The highest BCUT2D eigenvalue weighted by molar-refractivity contribution is 5.42. The van der Waals surface area contributed by atoms with E-state index in [0.717, 1.165) is 0 Å². The lowest BCUT2D eigenvalue weighted by Gasteiger charge is -2.27. The molecule has 12 heavy (non-hydrogen) atoms. The highest BCUT2D eigenvalue weighted by atomic mass is 14.2. The van der Waals surface area contributed by atoms with E-state index in [2.05, 4.69) is 13.8 Å². The molecule has 0 radical (unpaired) electrons. The van der Waals surface area contributed by atoms with Crippen LogP contribution in [0.1, 0.15) is 52.4 Å². The quantitative estimate of drug-likeness (QED) is 0.505. The van der Waals surface area contributed by atoms with Crippen LogP contribution >= 0.6 is 0 Å². The van der Waals surface area contributed by atoms with E-state index in [9.17, 15) is 0 Å². The molecule has 0 heterocycles. The molecule has 1 fully saturated rings. The van der Waals surface area contributed by atoms with Crippen molar-refractivity contribution >= 4 is 0 Å². The summed E-state index contributed by atoms with van der Waals surface area (Å²) in [5.41, 5.74) is 6.81. The van der Waals surface area contributed by atoms with Crippen LogP contribution in [0.2, 0.25) is 0 Å². The van der Waals surface area contributed by atoms with Gasteiger partial charge in [-0.3, -0.25) is 0 Å². The van der Waals surface area contributed by atoms with Crippen LogP contribution in [0.15, 0.2) is 22.3 Å². The van der Waals surface area contributed by atoms with Gasteiger partial charge in [0.25, 0.3) is 0 Å². The molecule has 2 aliphatic rings. The summed E-state index contributed by atoms with van der Waals surface area (Å²) in [5.74, 6) is 0. The summed E-state index contributed by atoms with van der Waals surface area (Å²) in [6.07, 6.45) is 8.21. The Labute approximate surface area is 75.4 Å². The second-order valence-electron chi connectivity index (χ2n) is 4.22. The van der Waals surface area contributed by atoms with Gasteiger partial charge in [-0.2, -0.15) is 0 Å². The third-order valence-corrected chi connectivity index (χ3v) is 3.37. The SMILES string of the molecule is CC1=C2CCCCC2=C(C)CC1. The van der Waals surface area contributed by atoms with Gasteiger partial charge in [-0.25, -0.2) is 0 Å². The molecule has 0 aromatic carbocycles. The summed E-state index contributed by atoms with van der Waals surface area (Å²) in [6, 6.07) is 0. The van der Waals surface area contributed by atoms with Crippen LogP contribution in [0, 0.1) is 0 Å². The van der Waals surface area contributed by atoms with Gasteiger partial charge in [-0.05, 0) is 63.5 Å². The summed E-state index contributed by atoms with van der Waals surface area (Å²) >= 11 is 0. The number of fused-ring (bicyclic) bond motifs is 1. The summed E-state index contributed by atoms with van der Waals surface area (Å²) in [6.45, 7) is 4.65. The first-order valence-electron chi connectivity index (χ1n) is 5.16. The molecule has 1 saturated carbocycles. The van der Waals surface area contributed by atoms with Crippen molar-refractivity contribution in [1.82, 2.24) is 0 Å². The largest absolute Gasteiger partial charge is 0.0695 e. The molecular formula is C12H18. The smallest absolute Gasteiger partial charge is 0.0277 e. The molecule has 0 aliphatic heterocycles. The average Bonchev–Trinajstić information content (AvgIpc) is 2.12. The third kappa shape index (κ3) is 1.24. The molecule has 0 unspecified atom stereocenters. The molecule has 0 amide bonds. The minimum absolute atomic E-state index is 1.32. The monoisotopic (exact) mass is 162 g/mol. The van der Waals surface area contributed by atoms with Crippen molar-refractivity contribution in [2.45, 2.75) is 52.4 Å². The average molecular weight is 162 g/mol. The first-order valence-corrected chi connectivity index (χ1v) is 5.16. The van der Waals surface area contributed by atoms with Crippen molar-refractivity contribution in [3.8, 4) is 0 Å². The van der Waals surface area contributed by atoms with E-state index in [0.29, 0.717) is 0 Å². The van der Waals surface area contributed by atoms with Gasteiger partial charge in [0.2, 0.25) is 0 Å². The molecule has 0 spiro atoms. The first-order chi connectivity index (χ1) is 5.79. The molecule has 2 rings (SSSR count). The standard InChI is InChI=1S/C12H18/c1-9-7-8-10(2)12-6-4-3-5-11(9)12/h3-8H2,1-2H3. The topological polar surface area (TPSA) is 0 Å². The Morgan fingerprint density at radius 3 is 1.50 bits per heavy atom. The lowest BCUT2D eigenvalue weighted by molar-refractivity contribution is 0.645. The fraction of sp³-hybridized carbons (Fsp3) is 0.667. The number of rotatable bonds is 0. The van der Waals surface area contributed by atoms with Crippen LogP contribution in [0.3, 0.4) is 0 Å². The van der Waals surface area contributed by atoms with Gasteiger partial charge >= 0.3 is 0 Å². The van der Waals surface area contributed by atoms with E-state index in [1.54, 1.807) is 22.3 Å². The second kappa shape index (κ2) is 3.08. The zero-order valence-electron chi connectivity index (χ0n) is 8.24. The van der Waals surface area contributed by atoms with Gasteiger partial charge in [-0.15, -0.1) is 0 Å². The summed E-state index contributed by atoms with van der Waals surface area (Å²) in [5, 5.41) is 0. The number of hydrogen-bond donors (Lipinski definition) is 0. The van der Waals surface area contributed by atoms with Crippen LogP contribution in [0.25, 0.3) is 0 Å². The maximum atomic E-state index is 2.33. The van der Waals surface area contributed by atoms with E-state index < -0.39 is 0 Å². The normalized spacial score (nSPS) is 24.5. The van der Waals surface area contributed by atoms with E-state index in [4.69, 9.17) is 0 Å².